The molecule has 2 aliphatic carbocycles. The fraction of sp³-hybridized carbons (Fsp3) is 0.500. The van der Waals surface area contributed by atoms with Gasteiger partial charge in [-0.2, -0.15) is 13.2 Å². The summed E-state index contributed by atoms with van der Waals surface area (Å²) >= 11 is 0. The van der Waals surface area contributed by atoms with Crippen molar-refractivity contribution in [3.63, 3.8) is 0 Å². The molecule has 1 fully saturated rings. The van der Waals surface area contributed by atoms with Gasteiger partial charge in [0.15, 0.2) is 0 Å². The molecule has 0 amide bonds. The molecule has 1 aromatic rings. The van der Waals surface area contributed by atoms with E-state index in [1.165, 1.54) is 17.2 Å². The highest BCUT2D eigenvalue weighted by atomic mass is 19.4. The Labute approximate surface area is 134 Å². The van der Waals surface area contributed by atoms with Gasteiger partial charge in [0.2, 0.25) is 0 Å². The SMILES string of the molecule is CC1CCC(NCc2ccc(C(F)(F)F)cn2)C2=CCCC=C21. The van der Waals surface area contributed by atoms with Crippen molar-refractivity contribution in [3.8, 4) is 0 Å². The Balaban J connectivity index is 1.64. The Morgan fingerprint density at radius 1 is 1.13 bits per heavy atom. The monoisotopic (exact) mass is 322 g/mol. The number of aromatic nitrogens is 1. The molecule has 1 heterocycles. The van der Waals surface area contributed by atoms with Crippen LogP contribution in [-0.4, -0.2) is 11.0 Å². The van der Waals surface area contributed by atoms with Crippen molar-refractivity contribution in [2.24, 2.45) is 5.92 Å². The zero-order chi connectivity index (χ0) is 16.4. The molecule has 0 bridgehead atoms. The van der Waals surface area contributed by atoms with Crippen LogP contribution in [-0.2, 0) is 12.7 Å². The van der Waals surface area contributed by atoms with Crippen molar-refractivity contribution in [2.45, 2.75) is 51.4 Å². The maximum absolute atomic E-state index is 12.5. The Hall–Kier alpha value is -1.62. The fourth-order valence-corrected chi connectivity index (χ4v) is 3.41. The van der Waals surface area contributed by atoms with Crippen LogP contribution in [0.2, 0.25) is 0 Å². The molecule has 23 heavy (non-hydrogen) atoms. The zero-order valence-corrected chi connectivity index (χ0v) is 13.2. The zero-order valence-electron chi connectivity index (χ0n) is 13.2. The second kappa shape index (κ2) is 6.48. The van der Waals surface area contributed by atoms with Crippen molar-refractivity contribution in [1.29, 1.82) is 0 Å². The van der Waals surface area contributed by atoms with Gasteiger partial charge in [0.05, 0.1) is 11.3 Å². The summed E-state index contributed by atoms with van der Waals surface area (Å²) in [7, 11) is 0. The third-order valence-corrected chi connectivity index (χ3v) is 4.70. The van der Waals surface area contributed by atoms with Crippen LogP contribution in [0, 0.1) is 5.92 Å². The molecule has 0 aliphatic heterocycles. The van der Waals surface area contributed by atoms with Gasteiger partial charge >= 0.3 is 6.18 Å². The highest BCUT2D eigenvalue weighted by Crippen LogP contribution is 2.37. The molecule has 0 saturated heterocycles. The van der Waals surface area contributed by atoms with Crippen molar-refractivity contribution >= 4 is 0 Å². The van der Waals surface area contributed by atoms with Crippen LogP contribution in [0.5, 0.6) is 0 Å². The van der Waals surface area contributed by atoms with Crippen LogP contribution in [0.15, 0.2) is 41.6 Å². The molecule has 2 unspecified atom stereocenters. The lowest BCUT2D eigenvalue weighted by Gasteiger charge is -2.34. The normalized spacial score (nSPS) is 24.7. The van der Waals surface area contributed by atoms with Crippen LogP contribution < -0.4 is 5.32 Å². The molecule has 2 nitrogen and oxygen atoms in total. The fourth-order valence-electron chi connectivity index (χ4n) is 3.41. The van der Waals surface area contributed by atoms with E-state index in [2.05, 4.69) is 29.4 Å². The summed E-state index contributed by atoms with van der Waals surface area (Å²) in [6.07, 6.45) is 5.61. The third-order valence-electron chi connectivity index (χ3n) is 4.70. The summed E-state index contributed by atoms with van der Waals surface area (Å²) in [6, 6.07) is 2.83. The number of hydrogen-bond acceptors (Lipinski definition) is 2. The largest absolute Gasteiger partial charge is 0.417 e. The number of halogens is 3. The Morgan fingerprint density at radius 3 is 2.52 bits per heavy atom. The predicted molar refractivity (Wildman–Crippen MR) is 83.7 cm³/mol. The maximum atomic E-state index is 12.5. The van der Waals surface area contributed by atoms with E-state index in [0.29, 0.717) is 18.2 Å². The smallest absolute Gasteiger partial charge is 0.304 e. The van der Waals surface area contributed by atoms with Gasteiger partial charge < -0.3 is 5.32 Å². The number of allylic oxidation sites excluding steroid dienone is 2. The molecule has 1 saturated carbocycles. The number of nitrogens with zero attached hydrogens (tertiary/aromatic N) is 1. The van der Waals surface area contributed by atoms with E-state index in [-0.39, 0.29) is 6.04 Å². The van der Waals surface area contributed by atoms with Gasteiger partial charge in [0.25, 0.3) is 0 Å². The van der Waals surface area contributed by atoms with E-state index < -0.39 is 11.7 Å². The van der Waals surface area contributed by atoms with Crippen molar-refractivity contribution in [1.82, 2.24) is 10.3 Å². The van der Waals surface area contributed by atoms with Crippen molar-refractivity contribution in [3.05, 3.63) is 52.9 Å². The highest BCUT2D eigenvalue weighted by Gasteiger charge is 2.31. The minimum Gasteiger partial charge on any atom is -0.304 e. The number of alkyl halides is 3. The van der Waals surface area contributed by atoms with E-state index >= 15 is 0 Å². The molecule has 0 aromatic carbocycles. The number of fused-ring (bicyclic) bond motifs is 1. The Morgan fingerprint density at radius 2 is 1.87 bits per heavy atom. The average molecular weight is 322 g/mol. The van der Waals surface area contributed by atoms with Gasteiger partial charge in [-0.05, 0) is 54.9 Å². The topological polar surface area (TPSA) is 24.9 Å². The summed E-state index contributed by atoms with van der Waals surface area (Å²) in [4.78, 5) is 3.93. The van der Waals surface area contributed by atoms with Gasteiger partial charge in [0.1, 0.15) is 0 Å². The minimum absolute atomic E-state index is 0.279. The van der Waals surface area contributed by atoms with Gasteiger partial charge in [-0.3, -0.25) is 4.98 Å². The lowest BCUT2D eigenvalue weighted by atomic mass is 9.76. The van der Waals surface area contributed by atoms with Crippen LogP contribution in [0.1, 0.15) is 43.9 Å². The van der Waals surface area contributed by atoms with Crippen molar-refractivity contribution in [2.75, 3.05) is 0 Å². The standard InChI is InChI=1S/C18H21F3N2/c1-12-6-9-17(16-5-3-2-4-15(12)16)23-11-14-8-7-13(10-22-14)18(19,20)21/h4-5,7-8,10,12,17,23H,2-3,6,9,11H2,1H3. The van der Waals surface area contributed by atoms with Crippen LogP contribution in [0.4, 0.5) is 13.2 Å². The van der Waals surface area contributed by atoms with E-state index in [4.69, 9.17) is 0 Å². The molecule has 3 rings (SSSR count). The highest BCUT2D eigenvalue weighted by molar-refractivity contribution is 5.41. The van der Waals surface area contributed by atoms with Crippen LogP contribution in [0.25, 0.3) is 0 Å². The van der Waals surface area contributed by atoms with E-state index in [9.17, 15) is 13.2 Å². The molecule has 2 aliphatic rings. The molecule has 2 atom stereocenters. The summed E-state index contributed by atoms with van der Waals surface area (Å²) in [5, 5.41) is 3.46. The minimum atomic E-state index is -4.33. The number of nitrogens with one attached hydrogen (secondary N) is 1. The van der Waals surface area contributed by atoms with Gasteiger partial charge in [0, 0.05) is 18.8 Å². The molecule has 0 radical (unpaired) electrons. The molecule has 5 heteroatoms. The second-order valence-electron chi connectivity index (χ2n) is 6.34. The molecule has 1 N–H and O–H groups in total. The molecular weight excluding hydrogens is 301 g/mol. The first-order valence-electron chi connectivity index (χ1n) is 8.11. The number of rotatable bonds is 3. The van der Waals surface area contributed by atoms with Crippen molar-refractivity contribution < 1.29 is 13.2 Å². The maximum Gasteiger partial charge on any atom is 0.417 e. The number of pyridine rings is 1. The molecule has 124 valence electrons. The lowest BCUT2D eigenvalue weighted by Crippen LogP contribution is -2.36. The van der Waals surface area contributed by atoms with Gasteiger partial charge in [-0.1, -0.05) is 19.1 Å². The first kappa shape index (κ1) is 16.2. The van der Waals surface area contributed by atoms with Gasteiger partial charge in [-0.15, -0.1) is 0 Å². The molecular formula is C18H21F3N2. The number of hydrogen-bond donors (Lipinski definition) is 1. The van der Waals surface area contributed by atoms with E-state index in [1.54, 1.807) is 0 Å². The van der Waals surface area contributed by atoms with E-state index in [1.807, 2.05) is 0 Å². The lowest BCUT2D eigenvalue weighted by molar-refractivity contribution is -0.137. The van der Waals surface area contributed by atoms with Gasteiger partial charge in [-0.25, -0.2) is 0 Å². The molecule has 1 aromatic heterocycles. The van der Waals surface area contributed by atoms with Crippen LogP contribution in [0.3, 0.4) is 0 Å². The summed E-state index contributed by atoms with van der Waals surface area (Å²) in [6.45, 7) is 2.75. The molecule has 0 spiro atoms. The third kappa shape index (κ3) is 3.66. The second-order valence-corrected chi connectivity index (χ2v) is 6.34. The first-order valence-corrected chi connectivity index (χ1v) is 8.11. The van der Waals surface area contributed by atoms with Crippen LogP contribution >= 0.6 is 0 Å². The first-order chi connectivity index (χ1) is 10.9. The summed E-state index contributed by atoms with van der Waals surface area (Å²) in [5.41, 5.74) is 2.76. The Bertz CT molecular complexity index is 614. The average Bonchev–Trinajstić information content (AvgIpc) is 2.54. The van der Waals surface area contributed by atoms with E-state index in [0.717, 1.165) is 37.9 Å². The summed E-state index contributed by atoms with van der Waals surface area (Å²) < 4.78 is 37.6. The Kier molecular flexibility index (Phi) is 4.57. The predicted octanol–water partition coefficient (Wildman–Crippen LogP) is 4.64. The summed E-state index contributed by atoms with van der Waals surface area (Å²) in [5.74, 6) is 0.601. The quantitative estimate of drug-likeness (QED) is 0.877.